The van der Waals surface area contributed by atoms with E-state index in [0.29, 0.717) is 81.2 Å². The maximum atomic E-state index is 14.7. The lowest BCUT2D eigenvalue weighted by Crippen LogP contribution is -2.56. The Labute approximate surface area is 381 Å². The molecule has 0 saturated carbocycles. The molecule has 2 aliphatic heterocycles. The summed E-state index contributed by atoms with van der Waals surface area (Å²) in [6, 6.07) is 12.3. The normalized spacial score (nSPS) is 17.2. The predicted octanol–water partition coefficient (Wildman–Crippen LogP) is 0.706. The molecule has 10 N–H and O–H groups in total. The molecule has 1 aromatic heterocycles. The molecule has 4 bridgehead atoms. The highest BCUT2D eigenvalue weighted by Gasteiger charge is 2.36. The fourth-order valence-corrected chi connectivity index (χ4v) is 7.72. The number of fused-ring (bicyclic) bond motifs is 6. The first kappa shape index (κ1) is 48.1. The summed E-state index contributed by atoms with van der Waals surface area (Å²) in [7, 11) is 1.41. The molecule has 0 fully saturated rings. The molecule has 20 nitrogen and oxygen atoms in total. The van der Waals surface area contributed by atoms with Crippen molar-refractivity contribution in [3.8, 4) is 51.6 Å². The predicted molar refractivity (Wildman–Crippen MR) is 241 cm³/mol. The van der Waals surface area contributed by atoms with Crippen molar-refractivity contribution in [3.63, 3.8) is 0 Å². The average molecular weight is 906 g/mol. The van der Waals surface area contributed by atoms with Gasteiger partial charge >= 0.3 is 0 Å². The number of carbonyl (C=O) groups excluding carboxylic acids is 5. The van der Waals surface area contributed by atoms with Crippen molar-refractivity contribution in [1.82, 2.24) is 36.1 Å². The van der Waals surface area contributed by atoms with E-state index in [1.54, 1.807) is 68.4 Å². The van der Waals surface area contributed by atoms with Gasteiger partial charge in [-0.25, -0.2) is 9.97 Å². The molecule has 4 unspecified atom stereocenters. The largest absolute Gasteiger partial charge is 0.492 e. The number of ether oxygens (including phenoxy) is 4. The summed E-state index contributed by atoms with van der Waals surface area (Å²) in [6.07, 6.45) is -0.0207. The van der Waals surface area contributed by atoms with Crippen LogP contribution < -0.4 is 57.4 Å². The molecule has 3 aromatic carbocycles. The van der Waals surface area contributed by atoms with Crippen LogP contribution in [-0.2, 0) is 25.6 Å². The van der Waals surface area contributed by atoms with Gasteiger partial charge in [0.2, 0.25) is 23.6 Å². The summed E-state index contributed by atoms with van der Waals surface area (Å²) in [4.78, 5) is 80.9. The van der Waals surface area contributed by atoms with E-state index in [2.05, 4.69) is 31.2 Å². The van der Waals surface area contributed by atoms with E-state index < -0.39 is 53.7 Å². The number of likely N-dealkylation sites (N-methyl/N-ethyl adjacent to an activating group) is 1. The van der Waals surface area contributed by atoms with Gasteiger partial charge in [0.25, 0.3) is 5.91 Å². The first-order valence-electron chi connectivity index (χ1n) is 21.5. The summed E-state index contributed by atoms with van der Waals surface area (Å²) in [6.45, 7) is 5.92. The SMILES string of the molecule is Cc1nc(-c2ccc3c(c2)OCCO3)nc(C)c1C(=O)NC(CCN)C(=O)N(C)C1C(=O)NC(C)C(=O)NC(C(=O)NCC#N)Cc2ccc(OCCN)c(c2)-c2cc1ccc2OCCN. The highest BCUT2D eigenvalue weighted by Crippen LogP contribution is 2.40. The molecule has 0 spiro atoms. The van der Waals surface area contributed by atoms with Crippen molar-refractivity contribution in [2.24, 2.45) is 17.2 Å². The van der Waals surface area contributed by atoms with Gasteiger partial charge in [0, 0.05) is 43.2 Å². The van der Waals surface area contributed by atoms with Crippen LogP contribution in [0, 0.1) is 25.2 Å². The van der Waals surface area contributed by atoms with Crippen molar-refractivity contribution in [1.29, 1.82) is 5.26 Å². The van der Waals surface area contributed by atoms with Crippen LogP contribution in [-0.4, -0.2) is 122 Å². The Morgan fingerprint density at radius 1 is 0.879 bits per heavy atom. The Bertz CT molecular complexity index is 2490. The molecule has 0 saturated heterocycles. The van der Waals surface area contributed by atoms with Gasteiger partial charge in [0.1, 0.15) is 68.6 Å². The minimum absolute atomic E-state index is 0.00412. The third kappa shape index (κ3) is 11.1. The maximum absolute atomic E-state index is 14.7. The van der Waals surface area contributed by atoms with Crippen LogP contribution in [0.25, 0.3) is 22.5 Å². The van der Waals surface area contributed by atoms with E-state index in [-0.39, 0.29) is 57.8 Å². The second kappa shape index (κ2) is 22.0. The fraction of sp³-hybridized carbons (Fsp3) is 0.391. The molecular formula is C46H55N11O9. The van der Waals surface area contributed by atoms with E-state index in [1.807, 2.05) is 6.07 Å². The Hall–Kier alpha value is -7.34. The molecule has 0 radical (unpaired) electrons. The van der Waals surface area contributed by atoms with Crippen LogP contribution in [0.15, 0.2) is 54.6 Å². The van der Waals surface area contributed by atoms with Crippen molar-refractivity contribution < 1.29 is 42.9 Å². The smallest absolute Gasteiger partial charge is 0.255 e. The average Bonchev–Trinajstić information content (AvgIpc) is 3.30. The molecule has 0 aliphatic carbocycles. The van der Waals surface area contributed by atoms with Gasteiger partial charge in [0.15, 0.2) is 17.3 Å². The minimum atomic E-state index is -1.42. The van der Waals surface area contributed by atoms with Gasteiger partial charge in [-0.1, -0.05) is 12.1 Å². The molecule has 348 valence electrons. The molecule has 2 aliphatic rings. The van der Waals surface area contributed by atoms with E-state index in [4.69, 9.17) is 41.4 Å². The number of nitrogens with two attached hydrogens (primary N) is 3. The fourth-order valence-electron chi connectivity index (χ4n) is 7.72. The monoisotopic (exact) mass is 905 g/mol. The zero-order chi connectivity index (χ0) is 47.5. The van der Waals surface area contributed by atoms with E-state index in [0.717, 1.165) is 0 Å². The van der Waals surface area contributed by atoms with Gasteiger partial charge in [0.05, 0.1) is 23.0 Å². The summed E-state index contributed by atoms with van der Waals surface area (Å²) in [5, 5.41) is 19.9. The van der Waals surface area contributed by atoms with Crippen LogP contribution in [0.4, 0.5) is 0 Å². The van der Waals surface area contributed by atoms with Gasteiger partial charge in [-0.05, 0) is 87.3 Å². The first-order chi connectivity index (χ1) is 31.8. The van der Waals surface area contributed by atoms with Crippen LogP contribution in [0.1, 0.15) is 52.3 Å². The highest BCUT2D eigenvalue weighted by molar-refractivity contribution is 6.00. The Morgan fingerprint density at radius 2 is 1.53 bits per heavy atom. The molecule has 4 aromatic rings. The molecule has 20 heteroatoms. The van der Waals surface area contributed by atoms with Gasteiger partial charge in [-0.3, -0.25) is 24.0 Å². The maximum Gasteiger partial charge on any atom is 0.255 e. The lowest BCUT2D eigenvalue weighted by Gasteiger charge is -2.32. The molecule has 3 heterocycles. The zero-order valence-corrected chi connectivity index (χ0v) is 37.3. The van der Waals surface area contributed by atoms with Gasteiger partial charge in [-0.15, -0.1) is 0 Å². The number of amides is 5. The van der Waals surface area contributed by atoms with E-state index in [1.165, 1.54) is 18.9 Å². The number of nitriles is 1. The van der Waals surface area contributed by atoms with Crippen molar-refractivity contribution in [3.05, 3.63) is 82.7 Å². The first-order valence-corrected chi connectivity index (χ1v) is 21.5. The van der Waals surface area contributed by atoms with E-state index in [9.17, 15) is 24.0 Å². The third-order valence-corrected chi connectivity index (χ3v) is 10.9. The standard InChI is InChI=1S/C46H55N11O9/c1-25-39(26(2)53-41(52-25)30-7-10-37-38(24-30)66-20-19-65-37)44(60)55-33(11-12-47)46(62)57(4)40-29-6-9-36(64-18-15-50)32(23-29)31-21-28(5-8-35(31)63-17-14-49)22-34(43(59)51-16-13-48)56-42(58)27(3)54-45(40)61/h5-10,21,23-24,27,33-34,40H,11-12,14-20,22,47,49-50H2,1-4H3,(H,51,59)(H,54,61)(H,55,60)(H,56,58). The van der Waals surface area contributed by atoms with E-state index >= 15 is 0 Å². The lowest BCUT2D eigenvalue weighted by molar-refractivity contribution is -0.141. The topological polar surface area (TPSA) is 301 Å². The number of hydrogen-bond donors (Lipinski definition) is 7. The Kier molecular flexibility index (Phi) is 16.1. The molecule has 6 rings (SSSR count). The second-order valence-corrected chi connectivity index (χ2v) is 15.6. The van der Waals surface area contributed by atoms with Crippen LogP contribution in [0.2, 0.25) is 0 Å². The van der Waals surface area contributed by atoms with Gasteiger partial charge < -0.3 is 62.3 Å². The molecule has 5 amide bonds. The van der Waals surface area contributed by atoms with Crippen molar-refractivity contribution in [2.45, 2.75) is 57.8 Å². The third-order valence-electron chi connectivity index (χ3n) is 10.9. The molecule has 66 heavy (non-hydrogen) atoms. The van der Waals surface area contributed by atoms with Crippen molar-refractivity contribution >= 4 is 29.5 Å². The Balaban J connectivity index is 1.39. The second-order valence-electron chi connectivity index (χ2n) is 15.6. The van der Waals surface area contributed by atoms with Gasteiger partial charge in [-0.2, -0.15) is 5.26 Å². The number of carbonyl (C=O) groups is 5. The molecule has 4 atom stereocenters. The lowest BCUT2D eigenvalue weighted by atomic mass is 9.93. The number of aromatic nitrogens is 2. The summed E-state index contributed by atoms with van der Waals surface area (Å²) >= 11 is 0. The zero-order valence-electron chi connectivity index (χ0n) is 37.3. The molecular weight excluding hydrogens is 851 g/mol. The summed E-state index contributed by atoms with van der Waals surface area (Å²) < 4.78 is 23.6. The number of hydrogen-bond acceptors (Lipinski definition) is 15. The number of benzene rings is 3. The van der Waals surface area contributed by atoms with Crippen molar-refractivity contribution in [2.75, 3.05) is 59.7 Å². The summed E-state index contributed by atoms with van der Waals surface area (Å²) in [5.41, 5.74) is 21.0. The van der Waals surface area contributed by atoms with Crippen LogP contribution in [0.3, 0.4) is 0 Å². The number of nitrogens with zero attached hydrogens (tertiary/aromatic N) is 4. The summed E-state index contributed by atoms with van der Waals surface area (Å²) in [5.74, 6) is -1.14. The number of nitrogens with one attached hydrogen (secondary N) is 4. The van der Waals surface area contributed by atoms with Crippen LogP contribution in [0.5, 0.6) is 23.0 Å². The highest BCUT2D eigenvalue weighted by atomic mass is 16.6. The Morgan fingerprint density at radius 3 is 2.18 bits per heavy atom. The quantitative estimate of drug-likeness (QED) is 0.0809. The van der Waals surface area contributed by atoms with Crippen LogP contribution >= 0.6 is 0 Å². The number of aryl methyl sites for hydroxylation is 2. The minimum Gasteiger partial charge on any atom is -0.492 e. The number of rotatable bonds is 15.